The molecule has 0 saturated heterocycles. The molecule has 0 aliphatic carbocycles. The Kier molecular flexibility index (Phi) is 5.82. The Bertz CT molecular complexity index is 1270. The summed E-state index contributed by atoms with van der Waals surface area (Å²) < 4.78 is 5.58. The molecule has 0 spiro atoms. The third-order valence-electron chi connectivity index (χ3n) is 4.41. The number of imidazole rings is 1. The molecule has 32 heavy (non-hydrogen) atoms. The topological polar surface area (TPSA) is 209 Å². The van der Waals surface area contributed by atoms with E-state index < -0.39 is 47.1 Å². The molecular formula is C19H16N6O7. The first-order chi connectivity index (χ1) is 15.1. The van der Waals surface area contributed by atoms with Crippen LogP contribution in [0.2, 0.25) is 0 Å². The number of hydrogen-bond acceptors (Lipinski definition) is 8. The van der Waals surface area contributed by atoms with Crippen LogP contribution in [-0.4, -0.2) is 56.2 Å². The number of benzene rings is 1. The van der Waals surface area contributed by atoms with E-state index in [1.807, 2.05) is 0 Å². The Balaban J connectivity index is 1.99. The van der Waals surface area contributed by atoms with E-state index in [0.29, 0.717) is 0 Å². The maximum atomic E-state index is 12.8. The summed E-state index contributed by atoms with van der Waals surface area (Å²) in [5.41, 5.74) is 9.65. The minimum Gasteiger partial charge on any atom is -0.477 e. The number of aromatic carboxylic acids is 1. The zero-order valence-corrected chi connectivity index (χ0v) is 16.4. The summed E-state index contributed by atoms with van der Waals surface area (Å²) >= 11 is 0. The number of nitrogens with two attached hydrogens (primary N) is 2. The van der Waals surface area contributed by atoms with E-state index in [1.165, 1.54) is 31.4 Å². The minimum absolute atomic E-state index is 0.212. The van der Waals surface area contributed by atoms with E-state index in [0.717, 1.165) is 16.8 Å². The highest BCUT2D eigenvalue weighted by Gasteiger charge is 2.25. The Labute approximate surface area is 179 Å². The van der Waals surface area contributed by atoms with Gasteiger partial charge in [-0.25, -0.2) is 19.6 Å². The van der Waals surface area contributed by atoms with Crippen molar-refractivity contribution in [1.29, 1.82) is 0 Å². The van der Waals surface area contributed by atoms with Gasteiger partial charge in [0.1, 0.15) is 23.8 Å². The Morgan fingerprint density at radius 1 is 1.12 bits per heavy atom. The Hall–Kier alpha value is -4.81. The van der Waals surface area contributed by atoms with E-state index >= 15 is 0 Å². The first-order valence-corrected chi connectivity index (χ1v) is 8.83. The molecule has 13 heteroatoms. The van der Waals surface area contributed by atoms with Crippen LogP contribution in [0.1, 0.15) is 53.4 Å². The number of nitrogens with zero attached hydrogens (tertiary/aromatic N) is 3. The number of methoxy groups -OCH3 is 1. The molecule has 0 saturated carbocycles. The fourth-order valence-electron chi connectivity index (χ4n) is 2.88. The number of nitrogens with one attached hydrogen (secondary N) is 1. The van der Waals surface area contributed by atoms with Crippen LogP contribution in [0.4, 0.5) is 0 Å². The average Bonchev–Trinajstić information content (AvgIpc) is 3.20. The number of primary amides is 2. The van der Waals surface area contributed by atoms with Gasteiger partial charge in [0.05, 0.1) is 12.7 Å². The van der Waals surface area contributed by atoms with Gasteiger partial charge in [-0.15, -0.1) is 0 Å². The van der Waals surface area contributed by atoms with Crippen LogP contribution in [0.15, 0.2) is 36.7 Å². The second kappa shape index (κ2) is 8.51. The highest BCUT2D eigenvalue weighted by atomic mass is 16.5. The predicted octanol–water partition coefficient (Wildman–Crippen LogP) is -0.731. The molecule has 1 aromatic carbocycles. The van der Waals surface area contributed by atoms with E-state index in [2.05, 4.69) is 20.0 Å². The molecule has 13 nitrogen and oxygen atoms in total. The molecule has 3 aromatic rings. The number of rotatable bonds is 7. The van der Waals surface area contributed by atoms with Gasteiger partial charge in [0.2, 0.25) is 5.91 Å². The van der Waals surface area contributed by atoms with Gasteiger partial charge in [0.15, 0.2) is 11.3 Å². The van der Waals surface area contributed by atoms with Crippen LogP contribution in [-0.2, 0) is 9.53 Å². The molecule has 0 unspecified atom stereocenters. The number of amides is 3. The highest BCUT2D eigenvalue weighted by molar-refractivity contribution is 6.01. The quantitative estimate of drug-likeness (QED) is 0.341. The fourth-order valence-corrected chi connectivity index (χ4v) is 2.88. The maximum absolute atomic E-state index is 12.8. The summed E-state index contributed by atoms with van der Waals surface area (Å²) in [5, 5.41) is 11.8. The number of hydrogen-bond donors (Lipinski definition) is 4. The van der Waals surface area contributed by atoms with Gasteiger partial charge in [-0.1, -0.05) is 12.1 Å². The van der Waals surface area contributed by atoms with Crippen molar-refractivity contribution in [3.63, 3.8) is 0 Å². The normalized spacial score (nSPS) is 11.5. The van der Waals surface area contributed by atoms with E-state index in [-0.39, 0.29) is 22.5 Å². The Morgan fingerprint density at radius 2 is 1.78 bits per heavy atom. The molecule has 0 bridgehead atoms. The molecular weight excluding hydrogens is 424 g/mol. The number of esters is 1. The number of aromatic nitrogens is 3. The lowest BCUT2D eigenvalue weighted by Gasteiger charge is -2.16. The lowest BCUT2D eigenvalue weighted by atomic mass is 10.0. The summed E-state index contributed by atoms with van der Waals surface area (Å²) in [6.07, 6.45) is 1.03. The number of ether oxygens (including phenoxy) is 1. The largest absolute Gasteiger partial charge is 0.477 e. The van der Waals surface area contributed by atoms with Crippen molar-refractivity contribution in [2.45, 2.75) is 6.04 Å². The second-order valence-corrected chi connectivity index (χ2v) is 6.41. The third kappa shape index (κ3) is 4.07. The van der Waals surface area contributed by atoms with Crippen LogP contribution in [0.3, 0.4) is 0 Å². The van der Waals surface area contributed by atoms with Gasteiger partial charge in [-0.05, 0) is 17.7 Å². The van der Waals surface area contributed by atoms with Crippen LogP contribution >= 0.6 is 0 Å². The molecule has 0 radical (unpaired) electrons. The monoisotopic (exact) mass is 440 g/mol. The lowest BCUT2D eigenvalue weighted by molar-refractivity contribution is -0.120. The zero-order chi connectivity index (χ0) is 23.6. The van der Waals surface area contributed by atoms with Crippen LogP contribution in [0, 0.1) is 0 Å². The molecule has 0 fully saturated rings. The average molecular weight is 440 g/mol. The molecule has 0 aliphatic heterocycles. The van der Waals surface area contributed by atoms with Gasteiger partial charge in [0.25, 0.3) is 11.8 Å². The summed E-state index contributed by atoms with van der Waals surface area (Å²) in [5.74, 6) is -4.88. The standard InChI is InChI=1S/C19H16N6O7/c1-32-19(31)9-4-2-8(3-5-9)12(14(20)26)24-17(28)10-6-11(18(29)30)25-7-22-13(15(21)27)16(25)23-10/h2-7,12H,1H3,(H2,20,26)(H2,21,27)(H,24,28)(H,29,30)/t12-/m1/s1. The molecule has 164 valence electrons. The van der Waals surface area contributed by atoms with Crippen molar-refractivity contribution < 1.29 is 33.8 Å². The number of fused-ring (bicyclic) bond motifs is 1. The van der Waals surface area contributed by atoms with E-state index in [1.54, 1.807) is 0 Å². The fraction of sp³-hybridized carbons (Fsp3) is 0.105. The first-order valence-electron chi connectivity index (χ1n) is 8.83. The molecule has 2 heterocycles. The summed E-state index contributed by atoms with van der Waals surface area (Å²) in [4.78, 5) is 67.1. The van der Waals surface area contributed by atoms with Crippen molar-refractivity contribution in [3.05, 3.63) is 64.9 Å². The number of carboxylic acid groups (broad SMARTS) is 1. The molecule has 3 amide bonds. The van der Waals surface area contributed by atoms with Crippen molar-refractivity contribution in [2.24, 2.45) is 11.5 Å². The van der Waals surface area contributed by atoms with Crippen molar-refractivity contribution >= 4 is 35.3 Å². The smallest absolute Gasteiger partial charge is 0.353 e. The molecule has 6 N–H and O–H groups in total. The van der Waals surface area contributed by atoms with E-state index in [9.17, 15) is 29.1 Å². The number of carboxylic acids is 1. The number of carbonyl (C=O) groups is 5. The summed E-state index contributed by atoms with van der Waals surface area (Å²) in [6, 6.07) is 5.15. The molecule has 2 aromatic heterocycles. The van der Waals surface area contributed by atoms with Crippen molar-refractivity contribution in [3.8, 4) is 0 Å². The van der Waals surface area contributed by atoms with Gasteiger partial charge >= 0.3 is 11.9 Å². The molecule has 3 rings (SSSR count). The van der Waals surface area contributed by atoms with Gasteiger partial charge in [-0.2, -0.15) is 0 Å². The molecule has 1 atom stereocenters. The van der Waals surface area contributed by atoms with Crippen LogP contribution in [0.5, 0.6) is 0 Å². The minimum atomic E-state index is -1.43. The van der Waals surface area contributed by atoms with Crippen molar-refractivity contribution in [2.75, 3.05) is 7.11 Å². The number of carbonyl (C=O) groups excluding carboxylic acids is 4. The zero-order valence-electron chi connectivity index (χ0n) is 16.4. The van der Waals surface area contributed by atoms with Gasteiger partial charge in [0, 0.05) is 6.07 Å². The summed E-state index contributed by atoms with van der Waals surface area (Å²) in [6.45, 7) is 0. The highest BCUT2D eigenvalue weighted by Crippen LogP contribution is 2.17. The Morgan fingerprint density at radius 3 is 2.31 bits per heavy atom. The first kappa shape index (κ1) is 21.9. The lowest BCUT2D eigenvalue weighted by Crippen LogP contribution is -2.38. The van der Waals surface area contributed by atoms with Crippen molar-refractivity contribution in [1.82, 2.24) is 19.7 Å². The van der Waals surface area contributed by atoms with E-state index in [4.69, 9.17) is 11.5 Å². The third-order valence-corrected chi connectivity index (χ3v) is 4.41. The summed E-state index contributed by atoms with van der Waals surface area (Å²) in [7, 11) is 1.21. The predicted molar refractivity (Wildman–Crippen MR) is 106 cm³/mol. The van der Waals surface area contributed by atoms with Crippen LogP contribution in [0.25, 0.3) is 5.65 Å². The SMILES string of the molecule is COC(=O)c1ccc([C@@H](NC(=O)c2cc(C(=O)O)n3cnc(C(N)=O)c3n2)C(N)=O)cc1. The molecule has 0 aliphatic rings. The maximum Gasteiger partial charge on any atom is 0.353 e. The van der Waals surface area contributed by atoms with Crippen LogP contribution < -0.4 is 16.8 Å². The van der Waals surface area contributed by atoms with Gasteiger partial charge < -0.3 is 26.6 Å². The van der Waals surface area contributed by atoms with Gasteiger partial charge in [-0.3, -0.25) is 18.8 Å². The second-order valence-electron chi connectivity index (χ2n) is 6.41.